The second kappa shape index (κ2) is 5.10. The molecule has 0 aromatic heterocycles. The van der Waals surface area contributed by atoms with Gasteiger partial charge in [0.2, 0.25) is 0 Å². The summed E-state index contributed by atoms with van der Waals surface area (Å²) in [5.74, 6) is 1.19. The van der Waals surface area contributed by atoms with Crippen LogP contribution in [0.3, 0.4) is 0 Å². The largest absolute Gasteiger partial charge is 0.495 e. The van der Waals surface area contributed by atoms with Gasteiger partial charge in [0.15, 0.2) is 0 Å². The van der Waals surface area contributed by atoms with E-state index in [1.807, 2.05) is 0 Å². The maximum atomic E-state index is 10.5. The fourth-order valence-corrected chi connectivity index (χ4v) is 3.81. The zero-order chi connectivity index (χ0) is 14.4. The van der Waals surface area contributed by atoms with Crippen LogP contribution in [0.15, 0.2) is 10.5 Å². The number of hydrogen-bond donors (Lipinski definition) is 1. The fourth-order valence-electron chi connectivity index (χ4n) is 2.94. The predicted molar refractivity (Wildman–Crippen MR) is 81.8 cm³/mol. The number of ether oxygens (including phenoxy) is 1. The summed E-state index contributed by atoms with van der Waals surface area (Å²) in [6.45, 7) is 8.70. The molecule has 1 aliphatic carbocycles. The molecule has 0 aliphatic heterocycles. The Labute approximate surface area is 124 Å². The van der Waals surface area contributed by atoms with Crippen LogP contribution in [0.2, 0.25) is 0 Å². The molecule has 2 nitrogen and oxygen atoms in total. The molecule has 2 rings (SSSR count). The van der Waals surface area contributed by atoms with E-state index in [2.05, 4.69) is 49.7 Å². The van der Waals surface area contributed by atoms with E-state index < -0.39 is 0 Å². The highest BCUT2D eigenvalue weighted by molar-refractivity contribution is 9.10. The summed E-state index contributed by atoms with van der Waals surface area (Å²) in [6, 6.07) is 2.22. The lowest BCUT2D eigenvalue weighted by molar-refractivity contribution is 0.120. The normalized spacial score (nSPS) is 22.5. The Bertz CT molecular complexity index is 489. The molecule has 0 radical (unpaired) electrons. The van der Waals surface area contributed by atoms with Gasteiger partial charge in [0.1, 0.15) is 5.75 Å². The molecule has 106 valence electrons. The van der Waals surface area contributed by atoms with E-state index in [0.29, 0.717) is 5.92 Å². The first-order valence-electron chi connectivity index (χ1n) is 6.89. The Balaban J connectivity index is 2.64. The summed E-state index contributed by atoms with van der Waals surface area (Å²) in [5, 5.41) is 10.5. The molecule has 0 amide bonds. The molecular weight excluding hydrogens is 304 g/mol. The Kier molecular flexibility index (Phi) is 3.99. The van der Waals surface area contributed by atoms with Crippen LogP contribution in [0, 0.1) is 5.92 Å². The summed E-state index contributed by atoms with van der Waals surface area (Å²) in [5.41, 5.74) is 3.51. The van der Waals surface area contributed by atoms with Gasteiger partial charge in [-0.3, -0.25) is 0 Å². The van der Waals surface area contributed by atoms with Crippen LogP contribution < -0.4 is 4.74 Å². The summed E-state index contributed by atoms with van der Waals surface area (Å²) in [6.07, 6.45) is 1.58. The van der Waals surface area contributed by atoms with Crippen molar-refractivity contribution >= 4 is 15.9 Å². The first kappa shape index (κ1) is 14.9. The van der Waals surface area contributed by atoms with Gasteiger partial charge in [0.05, 0.1) is 17.7 Å². The zero-order valence-electron chi connectivity index (χ0n) is 12.4. The Morgan fingerprint density at radius 3 is 2.53 bits per heavy atom. The third-order valence-corrected chi connectivity index (χ3v) is 4.89. The van der Waals surface area contributed by atoms with Crippen LogP contribution in [0.1, 0.15) is 56.9 Å². The van der Waals surface area contributed by atoms with Crippen molar-refractivity contribution in [2.75, 3.05) is 7.11 Å². The average Bonchev–Trinajstić information content (AvgIpc) is 2.65. The van der Waals surface area contributed by atoms with Crippen LogP contribution in [-0.4, -0.2) is 12.2 Å². The van der Waals surface area contributed by atoms with Crippen molar-refractivity contribution in [3.05, 3.63) is 27.2 Å². The van der Waals surface area contributed by atoms with Crippen LogP contribution in [0.5, 0.6) is 5.75 Å². The summed E-state index contributed by atoms with van der Waals surface area (Å²) < 4.78 is 6.52. The summed E-state index contributed by atoms with van der Waals surface area (Å²) >= 11 is 3.65. The molecule has 1 N–H and O–H groups in total. The van der Waals surface area contributed by atoms with Gasteiger partial charge in [-0.25, -0.2) is 0 Å². The minimum atomic E-state index is -0.378. The Morgan fingerprint density at radius 1 is 1.42 bits per heavy atom. The molecule has 3 heteroatoms. The van der Waals surface area contributed by atoms with Crippen molar-refractivity contribution in [1.29, 1.82) is 0 Å². The molecule has 0 fully saturated rings. The molecule has 0 spiro atoms. The molecule has 2 unspecified atom stereocenters. The SMILES string of the molecule is CCC1Cc2cc(C(C)(C)C)c(OC)c(Br)c2C1O. The topological polar surface area (TPSA) is 29.5 Å². The van der Waals surface area contributed by atoms with E-state index >= 15 is 0 Å². The third-order valence-electron chi connectivity index (χ3n) is 4.11. The number of halogens is 1. The highest BCUT2D eigenvalue weighted by Gasteiger charge is 2.35. The monoisotopic (exact) mass is 326 g/mol. The molecule has 1 aromatic rings. The molecule has 0 bridgehead atoms. The molecule has 1 aromatic carbocycles. The highest BCUT2D eigenvalue weighted by atomic mass is 79.9. The minimum Gasteiger partial charge on any atom is -0.495 e. The van der Waals surface area contributed by atoms with Crippen molar-refractivity contribution in [3.8, 4) is 5.75 Å². The number of aliphatic hydroxyl groups excluding tert-OH is 1. The molecule has 0 heterocycles. The van der Waals surface area contributed by atoms with E-state index in [9.17, 15) is 5.11 Å². The standard InChI is InChI=1S/C16H23BrO2/c1-6-9-7-10-8-11(16(2,3)4)15(19-5)13(17)12(10)14(9)18/h8-9,14,18H,6-7H2,1-5H3. The van der Waals surface area contributed by atoms with Crippen molar-refractivity contribution in [3.63, 3.8) is 0 Å². The van der Waals surface area contributed by atoms with E-state index in [1.54, 1.807) is 7.11 Å². The molecule has 0 saturated heterocycles. The Morgan fingerprint density at radius 2 is 2.05 bits per heavy atom. The van der Waals surface area contributed by atoms with Gasteiger partial charge in [-0.15, -0.1) is 0 Å². The smallest absolute Gasteiger partial charge is 0.137 e. The predicted octanol–water partition coefficient (Wildman–Crippen LogP) is 4.37. The second-order valence-electron chi connectivity index (χ2n) is 6.41. The third kappa shape index (κ3) is 2.43. The average molecular weight is 327 g/mol. The lowest BCUT2D eigenvalue weighted by atomic mass is 9.84. The van der Waals surface area contributed by atoms with E-state index in [4.69, 9.17) is 4.74 Å². The van der Waals surface area contributed by atoms with E-state index in [0.717, 1.165) is 28.6 Å². The number of fused-ring (bicyclic) bond motifs is 1. The van der Waals surface area contributed by atoms with Gasteiger partial charge in [-0.1, -0.05) is 40.2 Å². The lowest BCUT2D eigenvalue weighted by Crippen LogP contribution is -2.14. The van der Waals surface area contributed by atoms with E-state index in [-0.39, 0.29) is 11.5 Å². The molecular formula is C16H23BrO2. The van der Waals surface area contributed by atoms with Gasteiger partial charge in [-0.05, 0) is 39.2 Å². The van der Waals surface area contributed by atoms with Crippen LogP contribution in [0.4, 0.5) is 0 Å². The van der Waals surface area contributed by atoms with Gasteiger partial charge >= 0.3 is 0 Å². The molecule has 2 atom stereocenters. The quantitative estimate of drug-likeness (QED) is 0.874. The van der Waals surface area contributed by atoms with Gasteiger partial charge in [0.25, 0.3) is 0 Å². The van der Waals surface area contributed by atoms with Crippen molar-refractivity contribution in [2.24, 2.45) is 5.92 Å². The molecule has 1 aliphatic rings. The van der Waals surface area contributed by atoms with E-state index in [1.165, 1.54) is 11.1 Å². The summed E-state index contributed by atoms with van der Waals surface area (Å²) in [7, 11) is 1.69. The minimum absolute atomic E-state index is 0.0259. The van der Waals surface area contributed by atoms with Crippen LogP contribution >= 0.6 is 15.9 Å². The molecule has 19 heavy (non-hydrogen) atoms. The van der Waals surface area contributed by atoms with Crippen molar-refractivity contribution in [1.82, 2.24) is 0 Å². The lowest BCUT2D eigenvalue weighted by Gasteiger charge is -2.25. The van der Waals surface area contributed by atoms with Gasteiger partial charge < -0.3 is 9.84 Å². The van der Waals surface area contributed by atoms with Crippen molar-refractivity contribution in [2.45, 2.75) is 52.1 Å². The van der Waals surface area contributed by atoms with Crippen molar-refractivity contribution < 1.29 is 9.84 Å². The summed E-state index contributed by atoms with van der Waals surface area (Å²) in [4.78, 5) is 0. The molecule has 0 saturated carbocycles. The first-order valence-corrected chi connectivity index (χ1v) is 7.68. The van der Waals surface area contributed by atoms with Crippen LogP contribution in [0.25, 0.3) is 0 Å². The Hall–Kier alpha value is -0.540. The van der Waals surface area contributed by atoms with Crippen LogP contribution in [-0.2, 0) is 11.8 Å². The number of methoxy groups -OCH3 is 1. The zero-order valence-corrected chi connectivity index (χ0v) is 14.0. The highest BCUT2D eigenvalue weighted by Crippen LogP contribution is 2.48. The van der Waals surface area contributed by atoms with Gasteiger partial charge in [0, 0.05) is 11.1 Å². The number of rotatable bonds is 2. The number of benzene rings is 1. The first-order chi connectivity index (χ1) is 8.81. The maximum Gasteiger partial charge on any atom is 0.137 e. The maximum absolute atomic E-state index is 10.5. The number of hydrogen-bond acceptors (Lipinski definition) is 2. The number of aliphatic hydroxyl groups is 1. The van der Waals surface area contributed by atoms with Gasteiger partial charge in [-0.2, -0.15) is 0 Å². The second-order valence-corrected chi connectivity index (χ2v) is 7.20. The fraction of sp³-hybridized carbons (Fsp3) is 0.625.